The first-order chi connectivity index (χ1) is 18.1. The number of hydrogen-bond acceptors (Lipinski definition) is 5. The lowest BCUT2D eigenvalue weighted by molar-refractivity contribution is -0.122. The van der Waals surface area contributed by atoms with Gasteiger partial charge in [0.15, 0.2) is 11.5 Å². The molecule has 1 aliphatic heterocycles. The number of imide groups is 2. The van der Waals surface area contributed by atoms with E-state index < -0.39 is 17.8 Å². The number of anilines is 1. The first-order valence-electron chi connectivity index (χ1n) is 11.3. The van der Waals surface area contributed by atoms with E-state index in [1.54, 1.807) is 56.3 Å². The number of carbonyl (C=O) groups is 3. The Kier molecular flexibility index (Phi) is 8.53. The smallest absolute Gasteiger partial charge is 0.335 e. The summed E-state index contributed by atoms with van der Waals surface area (Å²) in [6.07, 6.45) is 1.33. The number of benzene rings is 3. The minimum atomic E-state index is -0.874. The van der Waals surface area contributed by atoms with Gasteiger partial charge >= 0.3 is 6.03 Å². The van der Waals surface area contributed by atoms with Crippen molar-refractivity contribution >= 4 is 76.0 Å². The maximum absolute atomic E-state index is 13.3. The van der Waals surface area contributed by atoms with Crippen molar-refractivity contribution in [3.63, 3.8) is 0 Å². The summed E-state index contributed by atoms with van der Waals surface area (Å²) in [5.74, 6) is -1.08. The molecule has 3 aromatic carbocycles. The van der Waals surface area contributed by atoms with Gasteiger partial charge in [-0.25, -0.2) is 9.69 Å². The number of urea groups is 1. The van der Waals surface area contributed by atoms with Crippen molar-refractivity contribution in [2.24, 2.45) is 0 Å². The highest BCUT2D eigenvalue weighted by Crippen LogP contribution is 2.38. The first kappa shape index (κ1) is 27.8. The number of nitrogens with one attached hydrogen (secondary N) is 1. The molecule has 1 aliphatic rings. The second-order valence-corrected chi connectivity index (χ2v) is 9.77. The zero-order chi connectivity index (χ0) is 27.6. The third-order valence-corrected chi connectivity index (χ3v) is 7.02. The second kappa shape index (κ2) is 11.7. The standard InChI is InChI=1S/C27H20Cl4N2O5/c1-3-37-23-12-16(11-21(31)24(23)38-13-15-7-8-19(29)20(30)10-15)9-17-25(34)32-27(36)33(26(17)35)22-6-4-5-18(28)14(22)2/h4-12H,3,13H2,1-2H3,(H,32,34,36)/b17-9+. The molecule has 3 aromatic rings. The average Bonchev–Trinajstić information content (AvgIpc) is 2.86. The zero-order valence-electron chi connectivity index (χ0n) is 20.1. The van der Waals surface area contributed by atoms with Gasteiger partial charge in [0.25, 0.3) is 11.8 Å². The molecule has 1 N–H and O–H groups in total. The number of carbonyl (C=O) groups excluding carboxylic acids is 3. The molecule has 1 fully saturated rings. The molecule has 0 saturated carbocycles. The van der Waals surface area contributed by atoms with Gasteiger partial charge in [-0.1, -0.05) is 58.5 Å². The molecule has 0 bridgehead atoms. The van der Waals surface area contributed by atoms with E-state index in [1.807, 2.05) is 0 Å². The molecule has 11 heteroatoms. The molecule has 4 amide bonds. The highest BCUT2D eigenvalue weighted by atomic mass is 35.5. The highest BCUT2D eigenvalue weighted by Gasteiger charge is 2.37. The van der Waals surface area contributed by atoms with Crippen molar-refractivity contribution < 1.29 is 23.9 Å². The lowest BCUT2D eigenvalue weighted by Gasteiger charge is -2.27. The number of ether oxygens (including phenoxy) is 2. The van der Waals surface area contributed by atoms with Gasteiger partial charge < -0.3 is 9.47 Å². The Balaban J connectivity index is 1.67. The number of nitrogens with zero attached hydrogens (tertiary/aromatic N) is 1. The molecule has 0 unspecified atom stereocenters. The van der Waals surface area contributed by atoms with Gasteiger partial charge in [0.2, 0.25) is 0 Å². The number of rotatable bonds is 7. The lowest BCUT2D eigenvalue weighted by Crippen LogP contribution is -2.54. The number of amides is 4. The molecule has 1 heterocycles. The van der Waals surface area contributed by atoms with Crippen LogP contribution in [0.3, 0.4) is 0 Å². The SMILES string of the molecule is CCOc1cc(/C=C2\C(=O)NC(=O)N(c3cccc(Cl)c3C)C2=O)cc(Cl)c1OCc1ccc(Cl)c(Cl)c1. The van der Waals surface area contributed by atoms with E-state index in [2.05, 4.69) is 5.32 Å². The Bertz CT molecular complexity index is 1490. The molecular formula is C27H20Cl4N2O5. The minimum Gasteiger partial charge on any atom is -0.490 e. The zero-order valence-corrected chi connectivity index (χ0v) is 23.1. The Morgan fingerprint density at radius 1 is 0.895 bits per heavy atom. The van der Waals surface area contributed by atoms with Crippen molar-refractivity contribution in [3.8, 4) is 11.5 Å². The van der Waals surface area contributed by atoms with Crippen molar-refractivity contribution in [2.75, 3.05) is 11.5 Å². The summed E-state index contributed by atoms with van der Waals surface area (Å²) in [4.78, 5) is 39.4. The largest absolute Gasteiger partial charge is 0.490 e. The summed E-state index contributed by atoms with van der Waals surface area (Å²) in [6, 6.07) is 12.1. The fraction of sp³-hybridized carbons (Fsp3) is 0.148. The van der Waals surface area contributed by atoms with Crippen LogP contribution in [0.15, 0.2) is 54.1 Å². The Labute approximate surface area is 238 Å². The molecule has 0 aliphatic carbocycles. The monoisotopic (exact) mass is 592 g/mol. The third kappa shape index (κ3) is 5.76. The maximum atomic E-state index is 13.3. The number of hydrogen-bond donors (Lipinski definition) is 1. The van der Waals surface area contributed by atoms with Crippen molar-refractivity contribution in [1.82, 2.24) is 5.32 Å². The van der Waals surface area contributed by atoms with E-state index in [9.17, 15) is 14.4 Å². The van der Waals surface area contributed by atoms with Gasteiger partial charge in [0.05, 0.1) is 27.4 Å². The molecule has 7 nitrogen and oxygen atoms in total. The van der Waals surface area contributed by atoms with Crippen molar-refractivity contribution in [2.45, 2.75) is 20.5 Å². The molecule has 38 heavy (non-hydrogen) atoms. The second-order valence-electron chi connectivity index (χ2n) is 8.14. The van der Waals surface area contributed by atoms with Crippen LogP contribution < -0.4 is 19.7 Å². The molecular weight excluding hydrogens is 574 g/mol. The van der Waals surface area contributed by atoms with Crippen LogP contribution in [0.25, 0.3) is 6.08 Å². The summed E-state index contributed by atoms with van der Waals surface area (Å²) < 4.78 is 11.6. The van der Waals surface area contributed by atoms with Crippen LogP contribution in [0.1, 0.15) is 23.6 Å². The van der Waals surface area contributed by atoms with Crippen LogP contribution in [0.4, 0.5) is 10.5 Å². The van der Waals surface area contributed by atoms with E-state index in [0.29, 0.717) is 38.6 Å². The fourth-order valence-corrected chi connectivity index (χ4v) is 4.50. The van der Waals surface area contributed by atoms with Gasteiger partial charge in [-0.05, 0) is 73.0 Å². The van der Waals surface area contributed by atoms with Crippen LogP contribution >= 0.6 is 46.4 Å². The van der Waals surface area contributed by atoms with Gasteiger partial charge in [0, 0.05) is 5.02 Å². The van der Waals surface area contributed by atoms with Crippen molar-refractivity contribution in [3.05, 3.63) is 90.9 Å². The number of barbiturate groups is 1. The predicted octanol–water partition coefficient (Wildman–Crippen LogP) is 7.25. The first-order valence-corrected chi connectivity index (χ1v) is 12.8. The van der Waals surface area contributed by atoms with Crippen LogP contribution in [0, 0.1) is 6.92 Å². The summed E-state index contributed by atoms with van der Waals surface area (Å²) in [6.45, 7) is 3.89. The van der Waals surface area contributed by atoms with E-state index in [1.165, 1.54) is 12.1 Å². The highest BCUT2D eigenvalue weighted by molar-refractivity contribution is 6.42. The predicted molar refractivity (Wildman–Crippen MR) is 149 cm³/mol. The quantitative estimate of drug-likeness (QED) is 0.230. The fourth-order valence-electron chi connectivity index (χ4n) is 3.74. The van der Waals surface area contributed by atoms with E-state index in [-0.39, 0.29) is 28.6 Å². The topological polar surface area (TPSA) is 84.9 Å². The normalized spacial score (nSPS) is 14.6. The Morgan fingerprint density at radius 2 is 1.66 bits per heavy atom. The van der Waals surface area contributed by atoms with Crippen LogP contribution in [0.2, 0.25) is 20.1 Å². The summed E-state index contributed by atoms with van der Waals surface area (Å²) in [7, 11) is 0. The summed E-state index contributed by atoms with van der Waals surface area (Å²) in [5.41, 5.74) is 1.64. The molecule has 0 spiro atoms. The molecule has 196 valence electrons. The Hall–Kier alpha value is -3.23. The molecule has 0 aromatic heterocycles. The lowest BCUT2D eigenvalue weighted by atomic mass is 10.1. The molecule has 4 rings (SSSR count). The molecule has 1 saturated heterocycles. The van der Waals surface area contributed by atoms with Gasteiger partial charge in [-0.15, -0.1) is 0 Å². The third-order valence-electron chi connectivity index (χ3n) is 5.59. The maximum Gasteiger partial charge on any atom is 0.335 e. The average molecular weight is 594 g/mol. The van der Waals surface area contributed by atoms with E-state index in [4.69, 9.17) is 55.9 Å². The van der Waals surface area contributed by atoms with E-state index in [0.717, 1.165) is 10.5 Å². The summed E-state index contributed by atoms with van der Waals surface area (Å²) in [5, 5.41) is 3.57. The van der Waals surface area contributed by atoms with Crippen molar-refractivity contribution in [1.29, 1.82) is 0 Å². The van der Waals surface area contributed by atoms with E-state index >= 15 is 0 Å². The van der Waals surface area contributed by atoms with Gasteiger partial charge in [-0.2, -0.15) is 0 Å². The molecule has 0 radical (unpaired) electrons. The number of halogens is 4. The molecule has 0 atom stereocenters. The van der Waals surface area contributed by atoms with Gasteiger partial charge in [-0.3, -0.25) is 14.9 Å². The summed E-state index contributed by atoms with van der Waals surface area (Å²) >= 11 is 24.8. The van der Waals surface area contributed by atoms with Crippen LogP contribution in [-0.2, 0) is 16.2 Å². The van der Waals surface area contributed by atoms with Crippen LogP contribution in [-0.4, -0.2) is 24.5 Å². The van der Waals surface area contributed by atoms with Gasteiger partial charge in [0.1, 0.15) is 12.2 Å². The van der Waals surface area contributed by atoms with Crippen LogP contribution in [0.5, 0.6) is 11.5 Å². The minimum absolute atomic E-state index is 0.133. The Morgan fingerprint density at radius 3 is 2.37 bits per heavy atom.